The van der Waals surface area contributed by atoms with Crippen molar-refractivity contribution in [2.75, 3.05) is 39.3 Å². The van der Waals surface area contributed by atoms with Gasteiger partial charge in [0.25, 0.3) is 0 Å². The van der Waals surface area contributed by atoms with E-state index in [0.29, 0.717) is 50.8 Å². The van der Waals surface area contributed by atoms with Gasteiger partial charge in [-0.1, -0.05) is 48.0 Å². The van der Waals surface area contributed by atoms with E-state index in [0.717, 1.165) is 5.56 Å². The molecule has 1 aliphatic rings. The minimum Gasteiger partial charge on any atom is -0.338 e. The van der Waals surface area contributed by atoms with Gasteiger partial charge >= 0.3 is 0 Å². The molecule has 2 aromatic rings. The summed E-state index contributed by atoms with van der Waals surface area (Å²) in [6.45, 7) is 5.24. The van der Waals surface area contributed by atoms with Gasteiger partial charge in [0.2, 0.25) is 15.9 Å². The summed E-state index contributed by atoms with van der Waals surface area (Å²) in [6, 6.07) is 16.2. The maximum absolute atomic E-state index is 12.8. The molecule has 0 aliphatic carbocycles. The first-order valence-electron chi connectivity index (χ1n) is 9.70. The number of hydrogen-bond donors (Lipinski definition) is 0. The van der Waals surface area contributed by atoms with Crippen LogP contribution < -0.4 is 0 Å². The molecular weight excluding hydrogens is 410 g/mol. The first-order chi connectivity index (χ1) is 13.9. The Labute approximate surface area is 177 Å². The van der Waals surface area contributed by atoms with Crippen LogP contribution in [0.4, 0.5) is 0 Å². The first kappa shape index (κ1) is 21.8. The van der Waals surface area contributed by atoms with Crippen molar-refractivity contribution in [2.24, 2.45) is 0 Å². The number of sulfonamides is 1. The zero-order valence-corrected chi connectivity index (χ0v) is 18.1. The van der Waals surface area contributed by atoms with Gasteiger partial charge in [-0.05, 0) is 30.7 Å². The second kappa shape index (κ2) is 9.71. The average molecular weight is 436 g/mol. The molecule has 0 saturated carbocycles. The van der Waals surface area contributed by atoms with Gasteiger partial charge in [0.1, 0.15) is 0 Å². The lowest BCUT2D eigenvalue weighted by Crippen LogP contribution is -2.51. The molecule has 1 amide bonds. The molecule has 1 aliphatic heterocycles. The second-order valence-electron chi connectivity index (χ2n) is 7.03. The predicted octanol–water partition coefficient (Wildman–Crippen LogP) is 2.70. The number of carbonyl (C=O) groups excluding carboxylic acids is 1. The maximum atomic E-state index is 12.8. The lowest BCUT2D eigenvalue weighted by Gasteiger charge is -2.34. The third kappa shape index (κ3) is 5.57. The fourth-order valence-electron chi connectivity index (χ4n) is 3.38. The molecule has 156 valence electrons. The van der Waals surface area contributed by atoms with Crippen molar-refractivity contribution in [3.05, 3.63) is 65.2 Å². The lowest BCUT2D eigenvalue weighted by atomic mass is 10.2. The highest BCUT2D eigenvalue weighted by Gasteiger charge is 2.29. The number of carbonyl (C=O) groups is 1. The Morgan fingerprint density at radius 1 is 1.03 bits per heavy atom. The van der Waals surface area contributed by atoms with Crippen molar-refractivity contribution in [1.82, 2.24) is 14.1 Å². The molecule has 6 nitrogen and oxygen atoms in total. The van der Waals surface area contributed by atoms with Gasteiger partial charge < -0.3 is 4.90 Å². The summed E-state index contributed by atoms with van der Waals surface area (Å²) in [5.74, 6) is 0.0579. The summed E-state index contributed by atoms with van der Waals surface area (Å²) in [5, 5.41) is 0.397. The Bertz CT molecular complexity index is 929. The van der Waals surface area contributed by atoms with Crippen LogP contribution in [0.25, 0.3) is 0 Å². The van der Waals surface area contributed by atoms with Crippen LogP contribution in [0.3, 0.4) is 0 Å². The number of rotatable bonds is 7. The summed E-state index contributed by atoms with van der Waals surface area (Å²) >= 11 is 5.94. The fourth-order valence-corrected chi connectivity index (χ4v) is 5.10. The van der Waals surface area contributed by atoms with E-state index in [2.05, 4.69) is 0 Å². The SMILES string of the molecule is CCN(Cc1ccccc1)C(=O)CN1CCN(S(=O)(=O)c2cccc(Cl)c2)CC1. The number of hydrogen-bond acceptors (Lipinski definition) is 4. The largest absolute Gasteiger partial charge is 0.338 e. The zero-order chi connectivity index (χ0) is 20.9. The summed E-state index contributed by atoms with van der Waals surface area (Å²) in [7, 11) is -3.57. The van der Waals surface area contributed by atoms with Crippen LogP contribution in [-0.2, 0) is 21.4 Å². The molecule has 3 rings (SSSR count). The molecule has 0 radical (unpaired) electrons. The van der Waals surface area contributed by atoms with Crippen LogP contribution in [0.2, 0.25) is 5.02 Å². The second-order valence-corrected chi connectivity index (χ2v) is 9.41. The van der Waals surface area contributed by atoms with E-state index in [4.69, 9.17) is 11.6 Å². The zero-order valence-electron chi connectivity index (χ0n) is 16.5. The van der Waals surface area contributed by atoms with Crippen molar-refractivity contribution < 1.29 is 13.2 Å². The van der Waals surface area contributed by atoms with E-state index in [1.807, 2.05) is 47.1 Å². The third-order valence-electron chi connectivity index (χ3n) is 5.07. The van der Waals surface area contributed by atoms with E-state index in [-0.39, 0.29) is 10.8 Å². The Balaban J connectivity index is 1.55. The van der Waals surface area contributed by atoms with Crippen LogP contribution >= 0.6 is 11.6 Å². The molecule has 0 aromatic heterocycles. The normalized spacial score (nSPS) is 15.9. The fraction of sp³-hybridized carbons (Fsp3) is 0.381. The molecule has 1 heterocycles. The Morgan fingerprint density at radius 2 is 1.72 bits per heavy atom. The van der Waals surface area contributed by atoms with Crippen molar-refractivity contribution in [3.63, 3.8) is 0 Å². The highest BCUT2D eigenvalue weighted by molar-refractivity contribution is 7.89. The van der Waals surface area contributed by atoms with Crippen LogP contribution in [0.1, 0.15) is 12.5 Å². The van der Waals surface area contributed by atoms with Crippen molar-refractivity contribution in [1.29, 1.82) is 0 Å². The number of amides is 1. The van der Waals surface area contributed by atoms with Gasteiger partial charge in [-0.15, -0.1) is 0 Å². The molecule has 0 spiro atoms. The third-order valence-corrected chi connectivity index (χ3v) is 7.20. The highest BCUT2D eigenvalue weighted by Crippen LogP contribution is 2.21. The molecule has 0 N–H and O–H groups in total. The van der Waals surface area contributed by atoms with Crippen LogP contribution in [0, 0.1) is 0 Å². The molecule has 0 unspecified atom stereocenters. The Morgan fingerprint density at radius 3 is 2.34 bits per heavy atom. The lowest BCUT2D eigenvalue weighted by molar-refractivity contribution is -0.133. The van der Waals surface area contributed by atoms with E-state index in [1.165, 1.54) is 10.4 Å². The number of piperazine rings is 1. The summed E-state index contributed by atoms with van der Waals surface area (Å²) in [5.41, 5.74) is 1.10. The number of likely N-dealkylation sites (N-methyl/N-ethyl adjacent to an activating group) is 1. The van der Waals surface area contributed by atoms with Gasteiger partial charge in [0.05, 0.1) is 11.4 Å². The van der Waals surface area contributed by atoms with Crippen LogP contribution in [0.5, 0.6) is 0 Å². The predicted molar refractivity (Wildman–Crippen MR) is 114 cm³/mol. The van der Waals surface area contributed by atoms with Gasteiger partial charge in [-0.25, -0.2) is 8.42 Å². The van der Waals surface area contributed by atoms with E-state index >= 15 is 0 Å². The first-order valence-corrected chi connectivity index (χ1v) is 11.5. The molecule has 0 atom stereocenters. The minimum atomic E-state index is -3.57. The quantitative estimate of drug-likeness (QED) is 0.670. The van der Waals surface area contributed by atoms with Crippen molar-refractivity contribution in [2.45, 2.75) is 18.4 Å². The minimum absolute atomic E-state index is 0.0579. The molecule has 1 fully saturated rings. The summed E-state index contributed by atoms with van der Waals surface area (Å²) < 4.78 is 27.1. The smallest absolute Gasteiger partial charge is 0.243 e. The Kier molecular flexibility index (Phi) is 7.29. The standard InChI is InChI=1S/C21H26ClN3O3S/c1-2-24(16-18-7-4-3-5-8-18)21(26)17-23-11-13-25(14-12-23)29(27,28)20-10-6-9-19(22)15-20/h3-10,15H,2,11-14,16-17H2,1H3. The van der Waals surface area contributed by atoms with Crippen molar-refractivity contribution in [3.8, 4) is 0 Å². The molecule has 2 aromatic carbocycles. The summed E-state index contributed by atoms with van der Waals surface area (Å²) in [6.07, 6.45) is 0. The topological polar surface area (TPSA) is 60.9 Å². The van der Waals surface area contributed by atoms with E-state index in [1.54, 1.807) is 18.2 Å². The van der Waals surface area contributed by atoms with E-state index in [9.17, 15) is 13.2 Å². The van der Waals surface area contributed by atoms with Gasteiger partial charge in [-0.2, -0.15) is 4.31 Å². The number of benzene rings is 2. The highest BCUT2D eigenvalue weighted by atomic mass is 35.5. The maximum Gasteiger partial charge on any atom is 0.243 e. The van der Waals surface area contributed by atoms with Gasteiger partial charge in [0, 0.05) is 44.3 Å². The molecule has 1 saturated heterocycles. The summed E-state index contributed by atoms with van der Waals surface area (Å²) in [4.78, 5) is 16.8. The molecule has 8 heteroatoms. The van der Waals surface area contributed by atoms with Crippen molar-refractivity contribution >= 4 is 27.5 Å². The van der Waals surface area contributed by atoms with Crippen LogP contribution in [0.15, 0.2) is 59.5 Å². The van der Waals surface area contributed by atoms with E-state index < -0.39 is 10.0 Å². The molecule has 0 bridgehead atoms. The monoisotopic (exact) mass is 435 g/mol. The molecule has 29 heavy (non-hydrogen) atoms. The van der Waals surface area contributed by atoms with Gasteiger partial charge in [-0.3, -0.25) is 9.69 Å². The average Bonchev–Trinajstić information content (AvgIpc) is 2.73. The Hall–Kier alpha value is -1.93. The number of halogens is 1. The van der Waals surface area contributed by atoms with Crippen LogP contribution in [-0.4, -0.2) is 67.7 Å². The number of nitrogens with zero attached hydrogens (tertiary/aromatic N) is 3. The molecular formula is C21H26ClN3O3S. The van der Waals surface area contributed by atoms with Gasteiger partial charge in [0.15, 0.2) is 0 Å².